The number of benzene rings is 2. The maximum Gasteiger partial charge on any atom is 0.216 e. The van der Waals surface area contributed by atoms with Crippen molar-refractivity contribution in [2.24, 2.45) is 5.92 Å². The Kier molecular flexibility index (Phi) is 12.1. The molecule has 0 bridgehead atoms. The third kappa shape index (κ3) is 8.62. The van der Waals surface area contributed by atoms with Crippen LogP contribution in [0.2, 0.25) is 19.6 Å². The Morgan fingerprint density at radius 1 is 0.784 bits per heavy atom. The minimum atomic E-state index is -1.36. The molecule has 8 rings (SSSR count). The molecule has 0 amide bonds. The van der Waals surface area contributed by atoms with Crippen LogP contribution in [-0.2, 0) is 20.1 Å². The van der Waals surface area contributed by atoms with Crippen molar-refractivity contribution in [3.05, 3.63) is 108 Å². The van der Waals surface area contributed by atoms with Crippen LogP contribution in [0, 0.1) is 25.0 Å². The summed E-state index contributed by atoms with van der Waals surface area (Å²) in [5, 5.41) is 3.67. The zero-order valence-electron chi connectivity index (χ0n) is 30.9. The molecule has 2 aliphatic carbocycles. The predicted octanol–water partition coefficient (Wildman–Crippen LogP) is 12.0. The van der Waals surface area contributed by atoms with Crippen molar-refractivity contribution >= 4 is 35.3 Å². The number of pyridine rings is 3. The third-order valence-electron chi connectivity index (χ3n) is 11.1. The Morgan fingerprint density at radius 2 is 1.53 bits per heavy atom. The molecule has 2 aromatic carbocycles. The molecule has 2 fully saturated rings. The molecular formula is C45H51IrN3OSi-2. The number of rotatable bonds is 6. The van der Waals surface area contributed by atoms with E-state index in [1.165, 1.54) is 69.8 Å². The molecule has 267 valence electrons. The SMILES string of the molecule is C[Si](C)(C)c1cnc(-c2[c-]cccc2)cc1C1CCCCC1.Cc1ccc2c(n1)oc1c[c-]c(-c3cc(C(C)C4CCCCC4)ccn3)cc12.[Ir]. The van der Waals surface area contributed by atoms with Gasteiger partial charge in [0.05, 0.1) is 13.7 Å². The Bertz CT molecular complexity index is 2060. The van der Waals surface area contributed by atoms with Crippen LogP contribution >= 0.6 is 0 Å². The zero-order chi connectivity index (χ0) is 34.7. The molecular weight excluding hydrogens is 819 g/mol. The Morgan fingerprint density at radius 3 is 2.25 bits per heavy atom. The molecule has 0 saturated heterocycles. The summed E-state index contributed by atoms with van der Waals surface area (Å²) in [5.41, 5.74) is 9.63. The molecule has 4 aromatic heterocycles. The van der Waals surface area contributed by atoms with Crippen LogP contribution < -0.4 is 5.19 Å². The molecule has 2 aliphatic rings. The molecule has 6 heteroatoms. The van der Waals surface area contributed by atoms with E-state index in [2.05, 4.69) is 97.3 Å². The third-order valence-corrected chi connectivity index (χ3v) is 13.2. The van der Waals surface area contributed by atoms with Crippen LogP contribution in [0.3, 0.4) is 0 Å². The maximum atomic E-state index is 5.90. The van der Waals surface area contributed by atoms with Crippen LogP contribution in [0.5, 0.6) is 0 Å². The molecule has 6 aromatic rings. The fourth-order valence-electron chi connectivity index (χ4n) is 8.17. The molecule has 51 heavy (non-hydrogen) atoms. The van der Waals surface area contributed by atoms with E-state index < -0.39 is 8.07 Å². The van der Waals surface area contributed by atoms with Crippen molar-refractivity contribution in [3.63, 3.8) is 0 Å². The van der Waals surface area contributed by atoms with Gasteiger partial charge in [-0.1, -0.05) is 93.7 Å². The number of furan rings is 1. The van der Waals surface area contributed by atoms with E-state index in [-0.39, 0.29) is 20.1 Å². The van der Waals surface area contributed by atoms with Gasteiger partial charge in [-0.2, -0.15) is 0 Å². The van der Waals surface area contributed by atoms with Gasteiger partial charge in [0.1, 0.15) is 0 Å². The molecule has 4 nitrogen and oxygen atoms in total. The van der Waals surface area contributed by atoms with Gasteiger partial charge in [0.2, 0.25) is 5.71 Å². The average molecular weight is 870 g/mol. The van der Waals surface area contributed by atoms with Crippen molar-refractivity contribution in [2.45, 2.75) is 110 Å². The summed E-state index contributed by atoms with van der Waals surface area (Å²) in [5.74, 6) is 2.11. The first-order valence-electron chi connectivity index (χ1n) is 18.9. The van der Waals surface area contributed by atoms with Crippen LogP contribution in [0.4, 0.5) is 0 Å². The van der Waals surface area contributed by atoms with Gasteiger partial charge in [-0.05, 0) is 85.1 Å². The van der Waals surface area contributed by atoms with Crippen LogP contribution in [0.25, 0.3) is 44.6 Å². The number of aromatic nitrogens is 3. The summed E-state index contributed by atoms with van der Waals surface area (Å²) in [6.07, 6.45) is 17.8. The fraction of sp³-hybridized carbons (Fsp3) is 0.400. The van der Waals surface area contributed by atoms with Crippen molar-refractivity contribution in [1.82, 2.24) is 15.0 Å². The number of aryl methyl sites for hydroxylation is 1. The van der Waals surface area contributed by atoms with Gasteiger partial charge in [-0.15, -0.1) is 59.7 Å². The Labute approximate surface area is 319 Å². The van der Waals surface area contributed by atoms with E-state index in [1.807, 2.05) is 37.4 Å². The van der Waals surface area contributed by atoms with Gasteiger partial charge in [-0.3, -0.25) is 0 Å². The molecule has 1 unspecified atom stereocenters. The largest absolute Gasteiger partial charge is 0.486 e. The monoisotopic (exact) mass is 870 g/mol. The van der Waals surface area contributed by atoms with Crippen molar-refractivity contribution in [3.8, 4) is 22.5 Å². The summed E-state index contributed by atoms with van der Waals surface area (Å²) in [6, 6.07) is 29.8. The Hall–Kier alpha value is -3.44. The topological polar surface area (TPSA) is 51.8 Å². The number of fused-ring (bicyclic) bond motifs is 3. The van der Waals surface area contributed by atoms with E-state index in [4.69, 9.17) is 9.40 Å². The van der Waals surface area contributed by atoms with Gasteiger partial charge < -0.3 is 14.4 Å². The quantitative estimate of drug-likeness (QED) is 0.124. The first kappa shape index (κ1) is 37.3. The van der Waals surface area contributed by atoms with Crippen molar-refractivity contribution < 1.29 is 24.5 Å². The zero-order valence-corrected chi connectivity index (χ0v) is 34.3. The summed E-state index contributed by atoms with van der Waals surface area (Å²) < 4.78 is 5.90. The first-order valence-corrected chi connectivity index (χ1v) is 22.4. The maximum absolute atomic E-state index is 5.90. The Balaban J connectivity index is 0.000000178. The summed E-state index contributed by atoms with van der Waals surface area (Å²) in [4.78, 5) is 13.9. The van der Waals surface area contributed by atoms with E-state index in [9.17, 15) is 0 Å². The average Bonchev–Trinajstić information content (AvgIpc) is 3.52. The van der Waals surface area contributed by atoms with Crippen molar-refractivity contribution in [2.75, 3.05) is 0 Å². The molecule has 1 radical (unpaired) electrons. The summed E-state index contributed by atoms with van der Waals surface area (Å²) >= 11 is 0. The molecule has 0 N–H and O–H groups in total. The van der Waals surface area contributed by atoms with Crippen LogP contribution in [-0.4, -0.2) is 23.0 Å². The normalized spacial score (nSPS) is 16.3. The standard InChI is InChI=1S/C25H25N2O.C20H26NSi.Ir/c1-16-8-10-21-22-14-20(9-11-24(22)28-25(21)27-16)23-15-19(12-13-26-23)17(2)18-6-4-3-5-7-18;1-22(2,3)20-15-21-19(17-12-8-5-9-13-17)14-18(20)16-10-6-4-7-11-16;/h8,10-15,17-18H,3-7H2,1-2H3;5,8-9,12,14-16H,4,6-7,10-11H2,1-3H3;/q2*-1;. The van der Waals surface area contributed by atoms with E-state index in [0.717, 1.165) is 56.4 Å². The van der Waals surface area contributed by atoms with Gasteiger partial charge in [-0.25, -0.2) is 4.98 Å². The van der Waals surface area contributed by atoms with Crippen LogP contribution in [0.1, 0.15) is 99.8 Å². The van der Waals surface area contributed by atoms with Gasteiger partial charge in [0, 0.05) is 43.6 Å². The summed E-state index contributed by atoms with van der Waals surface area (Å²) in [6.45, 7) is 11.7. The van der Waals surface area contributed by atoms with E-state index in [1.54, 1.807) is 10.8 Å². The predicted molar refractivity (Wildman–Crippen MR) is 211 cm³/mol. The van der Waals surface area contributed by atoms with Gasteiger partial charge in [0.15, 0.2) is 0 Å². The second kappa shape index (κ2) is 16.5. The number of hydrogen-bond donors (Lipinski definition) is 0. The smallest absolute Gasteiger partial charge is 0.216 e. The molecule has 0 spiro atoms. The number of hydrogen-bond acceptors (Lipinski definition) is 4. The minimum Gasteiger partial charge on any atom is -0.486 e. The van der Waals surface area contributed by atoms with Gasteiger partial charge >= 0.3 is 0 Å². The minimum absolute atomic E-state index is 0. The molecule has 1 atom stereocenters. The fourth-order valence-corrected chi connectivity index (χ4v) is 9.77. The molecule has 4 heterocycles. The first-order chi connectivity index (χ1) is 24.2. The molecule has 0 aliphatic heterocycles. The number of nitrogens with zero attached hydrogens (tertiary/aromatic N) is 3. The van der Waals surface area contributed by atoms with Crippen LogP contribution in [0.15, 0.2) is 83.5 Å². The second-order valence-electron chi connectivity index (χ2n) is 15.7. The molecule has 2 saturated carbocycles. The van der Waals surface area contributed by atoms with Gasteiger partial charge in [0.25, 0.3) is 0 Å². The summed E-state index contributed by atoms with van der Waals surface area (Å²) in [7, 11) is -1.36. The van der Waals surface area contributed by atoms with E-state index in [0.29, 0.717) is 11.6 Å². The van der Waals surface area contributed by atoms with Crippen molar-refractivity contribution in [1.29, 1.82) is 0 Å². The second-order valence-corrected chi connectivity index (χ2v) is 20.7. The van der Waals surface area contributed by atoms with E-state index >= 15 is 0 Å².